The minimum absolute atomic E-state index is 0. The van der Waals surface area contributed by atoms with Crippen molar-refractivity contribution in [3.05, 3.63) is 127 Å². The van der Waals surface area contributed by atoms with Gasteiger partial charge < -0.3 is 18.8 Å². The number of rotatable bonds is 9. The molecule has 0 aromatic heterocycles. The van der Waals surface area contributed by atoms with Crippen molar-refractivity contribution in [3.8, 4) is 0 Å². The largest absolute Gasteiger partial charge is 0.745 e. The number of benzene rings is 3. The summed E-state index contributed by atoms with van der Waals surface area (Å²) in [6.45, 7) is 15.3. The molecule has 2 bridgehead atoms. The lowest BCUT2D eigenvalue weighted by molar-refractivity contribution is -0.158. The molecule has 3 aliphatic carbocycles. The molecule has 1 aliphatic heterocycles. The Bertz CT molecular complexity index is 1770. The van der Waals surface area contributed by atoms with E-state index in [9.17, 15) is 27.4 Å². The van der Waals surface area contributed by atoms with Crippen molar-refractivity contribution in [1.82, 2.24) is 0 Å². The zero-order chi connectivity index (χ0) is 39.5. The molecule has 1 heterocycles. The van der Waals surface area contributed by atoms with Crippen molar-refractivity contribution in [3.63, 3.8) is 0 Å². The number of hydrogen-bond donors (Lipinski definition) is 0. The standard InChI is InChI=1S/C18H15S.C12H14O4.C11H18O2.C2H4O3S.CH4/c1-4-10-16(11-5-1)19(17-12-6-2-7-13-17)18-14-8-3-9-15-18;1-5(2)11(13)15-9-6-3-7-8(4-6)12(14)16-10(7)9;1-4-11(7-5-6-8-11)13-10(12)9(2)3;1-2-6(3,4)5;/h1-15H;6-10H,1,3-4H2,2H3;2,4-8H2,1,3H3;2H,1H2,(H,3,4,5);1H4/q+1;;;;/p-1. The third-order valence-electron chi connectivity index (χ3n) is 9.96. The second-order valence-corrected chi connectivity index (χ2v) is 17.2. The number of esters is 3. The quantitative estimate of drug-likeness (QED) is 0.0684. The van der Waals surface area contributed by atoms with Gasteiger partial charge in [0.25, 0.3) is 0 Å². The second kappa shape index (κ2) is 20.5. The summed E-state index contributed by atoms with van der Waals surface area (Å²) in [5, 5.41) is 0.354. The van der Waals surface area contributed by atoms with E-state index in [0.717, 1.165) is 32.1 Å². The number of fused-ring (bicyclic) bond motifs is 1. The third kappa shape index (κ3) is 12.3. The number of ether oxygens (including phenoxy) is 3. The van der Waals surface area contributed by atoms with Crippen LogP contribution >= 0.6 is 0 Å². The Morgan fingerprint density at radius 3 is 1.67 bits per heavy atom. The van der Waals surface area contributed by atoms with Gasteiger partial charge >= 0.3 is 17.9 Å². The summed E-state index contributed by atoms with van der Waals surface area (Å²) >= 11 is 0. The zero-order valence-electron chi connectivity index (χ0n) is 31.2. The van der Waals surface area contributed by atoms with Gasteiger partial charge in [-0.25, -0.2) is 18.0 Å². The highest BCUT2D eigenvalue weighted by Gasteiger charge is 2.63. The van der Waals surface area contributed by atoms with Gasteiger partial charge in [0, 0.05) is 28.4 Å². The molecule has 5 atom stereocenters. The molecule has 0 amide bonds. The summed E-state index contributed by atoms with van der Waals surface area (Å²) in [6.07, 6.45) is 6.64. The molecular formula is C44H54O9S2. The molecule has 5 unspecified atom stereocenters. The molecular weight excluding hydrogens is 737 g/mol. The van der Waals surface area contributed by atoms with Crippen molar-refractivity contribution in [1.29, 1.82) is 0 Å². The minimum atomic E-state index is -4.15. The lowest BCUT2D eigenvalue weighted by atomic mass is 9.88. The van der Waals surface area contributed by atoms with E-state index in [1.807, 2.05) is 0 Å². The molecule has 3 aromatic rings. The SMILES string of the molecule is C.C=C(C)C(=O)OC1(CC)CCCC1.C=C(C)C(=O)OC1C2CC3C(=O)OC1C3C2.C=CS(=O)(=O)[O-].c1ccc([S+](c2ccccc2)c2ccccc2)cc1. The summed E-state index contributed by atoms with van der Waals surface area (Å²) in [7, 11) is -4.16. The number of carbonyl (C=O) groups excluding carboxylic acids is 3. The van der Waals surface area contributed by atoms with Gasteiger partial charge in [-0.1, -0.05) is 88.7 Å². The van der Waals surface area contributed by atoms with Gasteiger partial charge in [0.05, 0.1) is 16.8 Å². The maximum Gasteiger partial charge on any atom is 0.333 e. The number of carbonyl (C=O) groups is 3. The Balaban J connectivity index is 0.000000208. The Kier molecular flexibility index (Phi) is 16.7. The van der Waals surface area contributed by atoms with Crippen molar-refractivity contribution in [2.75, 3.05) is 0 Å². The average Bonchev–Trinajstić information content (AvgIpc) is 3.94. The van der Waals surface area contributed by atoms with E-state index < -0.39 is 10.1 Å². The summed E-state index contributed by atoms with van der Waals surface area (Å²) in [5.41, 5.74) is 0.721. The lowest BCUT2D eigenvalue weighted by Gasteiger charge is -2.27. The topological polar surface area (TPSA) is 136 Å². The van der Waals surface area contributed by atoms with Crippen LogP contribution in [0.1, 0.15) is 73.1 Å². The van der Waals surface area contributed by atoms with Crippen LogP contribution in [-0.2, 0) is 49.6 Å². The Morgan fingerprint density at radius 1 is 0.855 bits per heavy atom. The van der Waals surface area contributed by atoms with Gasteiger partial charge in [-0.15, -0.1) is 0 Å². The lowest BCUT2D eigenvalue weighted by Crippen LogP contribution is -2.36. The van der Waals surface area contributed by atoms with Crippen molar-refractivity contribution >= 4 is 38.9 Å². The van der Waals surface area contributed by atoms with Crippen LogP contribution in [0.5, 0.6) is 0 Å². The molecule has 3 aromatic carbocycles. The van der Waals surface area contributed by atoms with E-state index in [-0.39, 0.29) is 65.9 Å². The van der Waals surface area contributed by atoms with Crippen LogP contribution in [0.2, 0.25) is 0 Å². The maximum absolute atomic E-state index is 11.5. The highest BCUT2D eigenvalue weighted by Crippen LogP contribution is 2.55. The van der Waals surface area contributed by atoms with E-state index in [0.29, 0.717) is 22.5 Å². The first kappa shape index (κ1) is 44.9. The van der Waals surface area contributed by atoms with Crippen molar-refractivity contribution in [2.45, 2.75) is 106 Å². The van der Waals surface area contributed by atoms with Gasteiger partial charge in [-0.2, -0.15) is 0 Å². The molecule has 11 heteroatoms. The van der Waals surface area contributed by atoms with Crippen LogP contribution < -0.4 is 0 Å². The van der Waals surface area contributed by atoms with E-state index in [1.165, 1.54) is 27.5 Å². The zero-order valence-corrected chi connectivity index (χ0v) is 32.8. The predicted molar refractivity (Wildman–Crippen MR) is 215 cm³/mol. The van der Waals surface area contributed by atoms with Crippen LogP contribution in [0.4, 0.5) is 0 Å². The third-order valence-corrected chi connectivity index (χ3v) is 12.6. The fourth-order valence-corrected chi connectivity index (χ4v) is 9.30. The molecule has 0 spiro atoms. The van der Waals surface area contributed by atoms with Gasteiger partial charge in [-0.3, -0.25) is 4.79 Å². The first-order valence-electron chi connectivity index (χ1n) is 18.1. The molecule has 3 saturated carbocycles. The molecule has 9 nitrogen and oxygen atoms in total. The van der Waals surface area contributed by atoms with E-state index in [2.05, 4.69) is 118 Å². The minimum Gasteiger partial charge on any atom is -0.745 e. The van der Waals surface area contributed by atoms with Crippen LogP contribution in [0.25, 0.3) is 0 Å². The van der Waals surface area contributed by atoms with Gasteiger partial charge in [0.1, 0.15) is 27.9 Å². The highest BCUT2D eigenvalue weighted by molar-refractivity contribution is 7.97. The first-order chi connectivity index (χ1) is 25.7. The molecule has 4 aliphatic rings. The Labute approximate surface area is 330 Å². The summed E-state index contributed by atoms with van der Waals surface area (Å²) < 4.78 is 44.1. The van der Waals surface area contributed by atoms with E-state index in [4.69, 9.17) is 14.2 Å². The van der Waals surface area contributed by atoms with Gasteiger partial charge in [0.2, 0.25) is 0 Å². The molecule has 0 N–H and O–H groups in total. The van der Waals surface area contributed by atoms with Crippen LogP contribution in [0.3, 0.4) is 0 Å². The Morgan fingerprint density at radius 2 is 1.29 bits per heavy atom. The average molecular weight is 791 g/mol. The fraction of sp³-hybridized carbons (Fsp3) is 0.386. The highest BCUT2D eigenvalue weighted by atomic mass is 32.2. The predicted octanol–water partition coefficient (Wildman–Crippen LogP) is 8.98. The summed E-state index contributed by atoms with van der Waals surface area (Å²) in [5.74, 6) is -0.0721. The van der Waals surface area contributed by atoms with Gasteiger partial charge in [-0.05, 0) is 95.2 Å². The maximum atomic E-state index is 11.5. The molecule has 4 fully saturated rings. The normalized spacial score (nSPS) is 22.1. The molecule has 296 valence electrons. The van der Waals surface area contributed by atoms with E-state index in [1.54, 1.807) is 13.8 Å². The molecule has 0 radical (unpaired) electrons. The number of hydrogen-bond acceptors (Lipinski definition) is 9. The second-order valence-electron chi connectivity index (χ2n) is 13.9. The monoisotopic (exact) mass is 790 g/mol. The molecule has 1 saturated heterocycles. The van der Waals surface area contributed by atoms with Crippen LogP contribution in [0, 0.1) is 17.8 Å². The molecule has 7 rings (SSSR count). The Hall–Kier alpha value is -4.45. The van der Waals surface area contributed by atoms with E-state index >= 15 is 0 Å². The summed E-state index contributed by atoms with van der Waals surface area (Å²) in [4.78, 5) is 38.4. The summed E-state index contributed by atoms with van der Waals surface area (Å²) in [6, 6.07) is 32.2. The molecule has 55 heavy (non-hydrogen) atoms. The fourth-order valence-electron chi connectivity index (χ4n) is 7.20. The van der Waals surface area contributed by atoms with Crippen molar-refractivity contribution in [2.24, 2.45) is 17.8 Å². The van der Waals surface area contributed by atoms with Gasteiger partial charge in [0.15, 0.2) is 14.7 Å². The smallest absolute Gasteiger partial charge is 0.333 e. The first-order valence-corrected chi connectivity index (χ1v) is 20.8. The van der Waals surface area contributed by atoms with Crippen LogP contribution in [-0.4, -0.2) is 48.7 Å². The van der Waals surface area contributed by atoms with Crippen molar-refractivity contribution < 1.29 is 41.6 Å². The van der Waals surface area contributed by atoms with Crippen LogP contribution in [0.15, 0.2) is 142 Å².